The number of hydrogen-bond acceptors (Lipinski definition) is 4. The van der Waals surface area contributed by atoms with Crippen LogP contribution in [0.5, 0.6) is 0 Å². The van der Waals surface area contributed by atoms with Crippen molar-refractivity contribution in [3.63, 3.8) is 0 Å². The highest BCUT2D eigenvalue weighted by molar-refractivity contribution is 6.36. The monoisotopic (exact) mass is 391 g/mol. The van der Waals surface area contributed by atoms with E-state index in [0.717, 1.165) is 48.1 Å². The number of benzene rings is 1. The zero-order valence-corrected chi connectivity index (χ0v) is 16.7. The molecule has 0 radical (unpaired) electrons. The van der Waals surface area contributed by atoms with Crippen molar-refractivity contribution >= 4 is 40.1 Å². The lowest BCUT2D eigenvalue weighted by Crippen LogP contribution is -2.20. The molecule has 0 saturated heterocycles. The second kappa shape index (κ2) is 8.23. The molecule has 0 aliphatic heterocycles. The topological polar surface area (TPSA) is 66.5 Å². The minimum Gasteiger partial charge on any atom is -0.365 e. The van der Waals surface area contributed by atoms with Gasteiger partial charge in [0.1, 0.15) is 22.6 Å². The van der Waals surface area contributed by atoms with Gasteiger partial charge in [0, 0.05) is 16.6 Å². The van der Waals surface area contributed by atoms with Crippen LogP contribution >= 0.6 is 23.2 Å². The number of aromatic amines is 1. The van der Waals surface area contributed by atoms with Crippen LogP contribution in [0.3, 0.4) is 0 Å². The van der Waals surface area contributed by atoms with Crippen molar-refractivity contribution in [1.82, 2.24) is 20.2 Å². The number of nitrogens with zero attached hydrogens (tertiary/aromatic N) is 3. The van der Waals surface area contributed by atoms with Crippen molar-refractivity contribution in [2.24, 2.45) is 0 Å². The van der Waals surface area contributed by atoms with Crippen molar-refractivity contribution in [2.45, 2.75) is 52.5 Å². The van der Waals surface area contributed by atoms with Gasteiger partial charge in [-0.25, -0.2) is 9.97 Å². The number of fused-ring (bicyclic) bond motifs is 1. The first-order valence-electron chi connectivity index (χ1n) is 8.98. The van der Waals surface area contributed by atoms with E-state index in [1.807, 2.05) is 13.0 Å². The number of anilines is 1. The summed E-state index contributed by atoms with van der Waals surface area (Å²) < 4.78 is 0. The molecule has 0 fully saturated rings. The Labute approximate surface area is 163 Å². The first kappa shape index (κ1) is 18.9. The van der Waals surface area contributed by atoms with Gasteiger partial charge < -0.3 is 5.32 Å². The Bertz CT molecular complexity index is 900. The van der Waals surface area contributed by atoms with Gasteiger partial charge in [0.2, 0.25) is 0 Å². The Morgan fingerprint density at radius 2 is 1.85 bits per heavy atom. The number of halogens is 2. The lowest BCUT2D eigenvalue weighted by Gasteiger charge is -2.18. The number of nitrogens with one attached hydrogen (secondary N) is 2. The van der Waals surface area contributed by atoms with Crippen molar-refractivity contribution in [3.05, 3.63) is 34.1 Å². The van der Waals surface area contributed by atoms with Crippen molar-refractivity contribution < 1.29 is 0 Å². The largest absolute Gasteiger partial charge is 0.365 e. The third-order valence-electron chi connectivity index (χ3n) is 4.33. The minimum atomic E-state index is 0.383. The van der Waals surface area contributed by atoms with E-state index in [0.29, 0.717) is 27.6 Å². The molecule has 0 saturated carbocycles. The number of aromatic nitrogens is 4. The number of H-pyrrole nitrogens is 1. The molecular formula is C19H23Cl2N5. The molecule has 0 aliphatic carbocycles. The summed E-state index contributed by atoms with van der Waals surface area (Å²) in [6, 6.07) is 5.76. The van der Waals surface area contributed by atoms with Gasteiger partial charge in [0.15, 0.2) is 5.82 Å². The highest BCUT2D eigenvalue weighted by Gasteiger charge is 2.18. The van der Waals surface area contributed by atoms with E-state index in [2.05, 4.69) is 39.3 Å². The number of rotatable bonds is 7. The molecule has 0 amide bonds. The van der Waals surface area contributed by atoms with Gasteiger partial charge >= 0.3 is 0 Å². The van der Waals surface area contributed by atoms with Gasteiger partial charge in [-0.3, -0.25) is 5.10 Å². The van der Waals surface area contributed by atoms with E-state index >= 15 is 0 Å². The molecule has 5 nitrogen and oxygen atoms in total. The molecule has 0 unspecified atom stereocenters. The van der Waals surface area contributed by atoms with Gasteiger partial charge in [-0.2, -0.15) is 5.10 Å². The molecule has 2 heterocycles. The van der Waals surface area contributed by atoms with E-state index in [1.54, 1.807) is 12.1 Å². The molecule has 3 aromatic rings. The van der Waals surface area contributed by atoms with Crippen LogP contribution in [-0.2, 0) is 0 Å². The van der Waals surface area contributed by atoms with E-state index in [1.165, 1.54) is 0 Å². The molecule has 0 bridgehead atoms. The normalized spacial score (nSPS) is 11.5. The zero-order valence-electron chi connectivity index (χ0n) is 15.2. The molecule has 2 aromatic heterocycles. The molecule has 0 atom stereocenters. The average molecular weight is 392 g/mol. The van der Waals surface area contributed by atoms with Gasteiger partial charge in [0.05, 0.1) is 5.02 Å². The summed E-state index contributed by atoms with van der Waals surface area (Å²) in [4.78, 5) is 9.20. The lowest BCUT2D eigenvalue weighted by molar-refractivity contribution is 0.584. The molecule has 0 spiro atoms. The van der Waals surface area contributed by atoms with Gasteiger partial charge in [-0.05, 0) is 38.0 Å². The first-order valence-corrected chi connectivity index (χ1v) is 9.73. The Hall–Kier alpha value is -1.85. The van der Waals surface area contributed by atoms with Gasteiger partial charge in [-0.1, -0.05) is 49.9 Å². The van der Waals surface area contributed by atoms with Crippen LogP contribution in [0.1, 0.15) is 45.4 Å². The predicted octanol–water partition coefficient (Wildman–Crippen LogP) is 6.02. The van der Waals surface area contributed by atoms with Crippen LogP contribution in [0.4, 0.5) is 5.82 Å². The fourth-order valence-corrected chi connectivity index (χ4v) is 3.67. The fraction of sp³-hybridized carbons (Fsp3) is 0.421. The summed E-state index contributed by atoms with van der Waals surface area (Å²) >= 11 is 12.4. The summed E-state index contributed by atoms with van der Waals surface area (Å²) in [5.41, 5.74) is 3.06. The average Bonchev–Trinajstić information content (AvgIpc) is 2.99. The van der Waals surface area contributed by atoms with Crippen molar-refractivity contribution in [2.75, 3.05) is 5.32 Å². The Balaban J connectivity index is 2.06. The molecule has 7 heteroatoms. The van der Waals surface area contributed by atoms with Crippen LogP contribution in [0, 0.1) is 6.92 Å². The van der Waals surface area contributed by atoms with Crippen LogP contribution in [0.2, 0.25) is 10.0 Å². The number of aryl methyl sites for hydroxylation is 1. The van der Waals surface area contributed by atoms with Gasteiger partial charge in [0.25, 0.3) is 0 Å². The molecule has 26 heavy (non-hydrogen) atoms. The lowest BCUT2D eigenvalue weighted by atomic mass is 10.1. The van der Waals surface area contributed by atoms with E-state index < -0.39 is 0 Å². The smallest absolute Gasteiger partial charge is 0.156 e. The third kappa shape index (κ3) is 3.94. The highest BCUT2D eigenvalue weighted by atomic mass is 35.5. The van der Waals surface area contributed by atoms with Crippen LogP contribution < -0.4 is 5.32 Å². The minimum absolute atomic E-state index is 0.383. The molecule has 138 valence electrons. The molecule has 1 aromatic carbocycles. The second-order valence-electron chi connectivity index (χ2n) is 6.46. The summed E-state index contributed by atoms with van der Waals surface area (Å²) in [6.07, 6.45) is 4.45. The highest BCUT2D eigenvalue weighted by Crippen LogP contribution is 2.34. The summed E-state index contributed by atoms with van der Waals surface area (Å²) in [6.45, 7) is 6.28. The van der Waals surface area contributed by atoms with E-state index in [9.17, 15) is 0 Å². The van der Waals surface area contributed by atoms with E-state index in [-0.39, 0.29) is 0 Å². The Morgan fingerprint density at radius 1 is 1.12 bits per heavy atom. The van der Waals surface area contributed by atoms with Crippen LogP contribution in [0.15, 0.2) is 18.2 Å². The van der Waals surface area contributed by atoms with Crippen LogP contribution in [0.25, 0.3) is 22.3 Å². The van der Waals surface area contributed by atoms with Crippen LogP contribution in [-0.4, -0.2) is 26.2 Å². The maximum absolute atomic E-state index is 6.37. The second-order valence-corrected chi connectivity index (χ2v) is 7.30. The number of hydrogen-bond donors (Lipinski definition) is 2. The standard InChI is InChI=1S/C19H23Cl2N5/c1-4-6-13(7-5-2)24-19-18-17(22-11(3)23-19)16(25-26-18)14-9-8-12(20)10-15(14)21/h8-10,13H,4-7H2,1-3H3,(H,25,26)(H,22,23,24). The first-order chi connectivity index (χ1) is 12.5. The molecular weight excluding hydrogens is 369 g/mol. The fourth-order valence-electron chi connectivity index (χ4n) is 3.17. The molecule has 0 aliphatic rings. The van der Waals surface area contributed by atoms with E-state index in [4.69, 9.17) is 23.2 Å². The maximum atomic E-state index is 6.37. The van der Waals surface area contributed by atoms with Crippen molar-refractivity contribution in [1.29, 1.82) is 0 Å². The maximum Gasteiger partial charge on any atom is 0.156 e. The van der Waals surface area contributed by atoms with Crippen molar-refractivity contribution in [3.8, 4) is 11.3 Å². The van der Waals surface area contributed by atoms with Gasteiger partial charge in [-0.15, -0.1) is 0 Å². The summed E-state index contributed by atoms with van der Waals surface area (Å²) in [5, 5.41) is 12.3. The summed E-state index contributed by atoms with van der Waals surface area (Å²) in [5.74, 6) is 1.49. The Kier molecular flexibility index (Phi) is 5.99. The SMILES string of the molecule is CCCC(CCC)Nc1nc(C)nc2c(-c3ccc(Cl)cc3Cl)n[nH]c12. The summed E-state index contributed by atoms with van der Waals surface area (Å²) in [7, 11) is 0. The molecule has 2 N–H and O–H groups in total. The third-order valence-corrected chi connectivity index (χ3v) is 4.87. The quantitative estimate of drug-likeness (QED) is 0.516. The predicted molar refractivity (Wildman–Crippen MR) is 109 cm³/mol. The molecule has 3 rings (SSSR count). The Morgan fingerprint density at radius 3 is 2.50 bits per heavy atom. The zero-order chi connectivity index (χ0) is 18.7.